The van der Waals surface area contributed by atoms with Gasteiger partial charge in [0.05, 0.1) is 18.2 Å². The summed E-state index contributed by atoms with van der Waals surface area (Å²) in [5.41, 5.74) is 2.18. The summed E-state index contributed by atoms with van der Waals surface area (Å²) in [7, 11) is 0. The summed E-state index contributed by atoms with van der Waals surface area (Å²) in [5.74, 6) is -0.149. The molecule has 0 bridgehead atoms. The number of benzene rings is 2. The Balaban J connectivity index is 1.87. The van der Waals surface area contributed by atoms with Gasteiger partial charge in [0, 0.05) is 16.8 Å². The van der Waals surface area contributed by atoms with E-state index >= 15 is 0 Å². The van der Waals surface area contributed by atoms with Crippen molar-refractivity contribution in [2.75, 3.05) is 11.9 Å². The van der Waals surface area contributed by atoms with E-state index in [4.69, 9.17) is 16.9 Å². The van der Waals surface area contributed by atoms with Crippen LogP contribution in [0.5, 0.6) is 0 Å². The van der Waals surface area contributed by atoms with E-state index in [2.05, 4.69) is 10.6 Å². The minimum atomic E-state index is -0.149. The highest BCUT2D eigenvalue weighted by molar-refractivity contribution is 6.31. The number of amides is 1. The van der Waals surface area contributed by atoms with Crippen LogP contribution in [0.3, 0.4) is 0 Å². The van der Waals surface area contributed by atoms with Gasteiger partial charge in [-0.1, -0.05) is 29.8 Å². The van der Waals surface area contributed by atoms with Crippen LogP contribution in [0.1, 0.15) is 24.1 Å². The number of nitrogens with one attached hydrogen (secondary N) is 2. The molecule has 1 amide bonds. The van der Waals surface area contributed by atoms with Crippen LogP contribution in [-0.4, -0.2) is 12.5 Å². The summed E-state index contributed by atoms with van der Waals surface area (Å²) in [4.78, 5) is 11.9. The Morgan fingerprint density at radius 1 is 1.23 bits per heavy atom. The van der Waals surface area contributed by atoms with Crippen molar-refractivity contribution in [3.05, 3.63) is 64.7 Å². The van der Waals surface area contributed by atoms with Crippen molar-refractivity contribution in [2.24, 2.45) is 0 Å². The van der Waals surface area contributed by atoms with Gasteiger partial charge in [-0.2, -0.15) is 5.26 Å². The lowest BCUT2D eigenvalue weighted by Gasteiger charge is -2.15. The Labute approximate surface area is 134 Å². The molecule has 2 rings (SSSR count). The van der Waals surface area contributed by atoms with Crippen molar-refractivity contribution < 1.29 is 4.79 Å². The molecule has 0 radical (unpaired) electrons. The van der Waals surface area contributed by atoms with Crippen LogP contribution < -0.4 is 10.6 Å². The van der Waals surface area contributed by atoms with Gasteiger partial charge in [0.1, 0.15) is 0 Å². The zero-order chi connectivity index (χ0) is 15.9. The van der Waals surface area contributed by atoms with Crippen LogP contribution >= 0.6 is 11.6 Å². The quantitative estimate of drug-likeness (QED) is 0.888. The van der Waals surface area contributed by atoms with Gasteiger partial charge in [0.15, 0.2) is 0 Å². The summed E-state index contributed by atoms with van der Waals surface area (Å²) in [5, 5.41) is 15.3. The first-order valence-electron chi connectivity index (χ1n) is 6.88. The summed E-state index contributed by atoms with van der Waals surface area (Å²) in [6.07, 6.45) is 0. The molecular weight excluding hydrogens is 298 g/mol. The number of carbonyl (C=O) groups excluding carboxylic acids is 1. The Morgan fingerprint density at radius 3 is 2.55 bits per heavy atom. The molecule has 0 aliphatic rings. The third-order valence-corrected chi connectivity index (χ3v) is 3.58. The monoisotopic (exact) mass is 313 g/mol. The van der Waals surface area contributed by atoms with Gasteiger partial charge >= 0.3 is 0 Å². The highest BCUT2D eigenvalue weighted by atomic mass is 35.5. The van der Waals surface area contributed by atoms with E-state index in [1.165, 1.54) is 0 Å². The predicted molar refractivity (Wildman–Crippen MR) is 87.7 cm³/mol. The Morgan fingerprint density at radius 2 is 1.91 bits per heavy atom. The standard InChI is InChI=1S/C17H16ClN3O/c1-12(15-4-2-3-5-16(15)18)20-11-17(22)21-14-8-6-13(10-19)7-9-14/h2-9,12,20H,11H2,1H3,(H,21,22)/t12-/m1/s1. The average Bonchev–Trinajstić information content (AvgIpc) is 2.54. The molecule has 0 spiro atoms. The van der Waals surface area contributed by atoms with Gasteiger partial charge in [-0.3, -0.25) is 4.79 Å². The van der Waals surface area contributed by atoms with E-state index in [9.17, 15) is 4.79 Å². The average molecular weight is 314 g/mol. The first kappa shape index (κ1) is 16.0. The van der Waals surface area contributed by atoms with E-state index in [1.807, 2.05) is 37.3 Å². The molecule has 0 aliphatic carbocycles. The predicted octanol–water partition coefficient (Wildman–Crippen LogP) is 3.50. The molecule has 0 heterocycles. The lowest BCUT2D eigenvalue weighted by molar-refractivity contribution is -0.115. The van der Waals surface area contributed by atoms with Crippen LogP contribution in [0.25, 0.3) is 0 Å². The molecular formula is C17H16ClN3O. The number of hydrogen-bond acceptors (Lipinski definition) is 3. The lowest BCUT2D eigenvalue weighted by Crippen LogP contribution is -2.30. The van der Waals surface area contributed by atoms with Gasteiger partial charge in [0.25, 0.3) is 0 Å². The van der Waals surface area contributed by atoms with Gasteiger partial charge in [-0.15, -0.1) is 0 Å². The molecule has 0 unspecified atom stereocenters. The molecule has 2 N–H and O–H groups in total. The van der Waals surface area contributed by atoms with Gasteiger partial charge in [-0.25, -0.2) is 0 Å². The largest absolute Gasteiger partial charge is 0.325 e. The molecule has 0 saturated heterocycles. The van der Waals surface area contributed by atoms with Crippen molar-refractivity contribution >= 4 is 23.2 Å². The maximum atomic E-state index is 11.9. The zero-order valence-corrected chi connectivity index (χ0v) is 12.9. The maximum Gasteiger partial charge on any atom is 0.238 e. The smallest absolute Gasteiger partial charge is 0.238 e. The maximum absolute atomic E-state index is 11.9. The first-order valence-corrected chi connectivity index (χ1v) is 7.26. The van der Waals surface area contributed by atoms with Crippen LogP contribution in [-0.2, 0) is 4.79 Å². The number of carbonyl (C=O) groups is 1. The number of anilines is 1. The third-order valence-electron chi connectivity index (χ3n) is 3.24. The molecule has 2 aromatic carbocycles. The van der Waals surface area contributed by atoms with Gasteiger partial charge in [-0.05, 0) is 42.8 Å². The topological polar surface area (TPSA) is 64.9 Å². The summed E-state index contributed by atoms with van der Waals surface area (Å²) >= 11 is 6.13. The molecule has 1 atom stereocenters. The van der Waals surface area contributed by atoms with E-state index in [-0.39, 0.29) is 18.5 Å². The Hall–Kier alpha value is -2.35. The molecule has 5 heteroatoms. The number of rotatable bonds is 5. The Bertz CT molecular complexity index is 692. The lowest BCUT2D eigenvalue weighted by atomic mass is 10.1. The van der Waals surface area contributed by atoms with Crippen LogP contribution in [0.2, 0.25) is 5.02 Å². The fourth-order valence-electron chi connectivity index (χ4n) is 2.02. The second-order valence-electron chi connectivity index (χ2n) is 4.86. The van der Waals surface area contributed by atoms with E-state index < -0.39 is 0 Å². The highest BCUT2D eigenvalue weighted by Gasteiger charge is 2.10. The third kappa shape index (κ3) is 4.32. The van der Waals surface area contributed by atoms with Gasteiger partial charge in [0.2, 0.25) is 5.91 Å². The highest BCUT2D eigenvalue weighted by Crippen LogP contribution is 2.21. The minimum Gasteiger partial charge on any atom is -0.325 e. The molecule has 112 valence electrons. The van der Waals surface area contributed by atoms with Crippen LogP contribution in [0.4, 0.5) is 5.69 Å². The number of halogens is 1. The summed E-state index contributed by atoms with van der Waals surface area (Å²) in [6, 6.07) is 16.3. The van der Waals surface area contributed by atoms with Crippen molar-refractivity contribution in [1.29, 1.82) is 5.26 Å². The normalized spacial score (nSPS) is 11.5. The van der Waals surface area contributed by atoms with Gasteiger partial charge < -0.3 is 10.6 Å². The second-order valence-corrected chi connectivity index (χ2v) is 5.27. The molecule has 0 aromatic heterocycles. The molecule has 0 fully saturated rings. The Kier molecular flexibility index (Phi) is 5.54. The SMILES string of the molecule is C[C@@H](NCC(=O)Nc1ccc(C#N)cc1)c1ccccc1Cl. The molecule has 4 nitrogen and oxygen atoms in total. The number of hydrogen-bond donors (Lipinski definition) is 2. The second kappa shape index (κ2) is 7.60. The van der Waals surface area contributed by atoms with E-state index in [0.717, 1.165) is 5.56 Å². The number of nitriles is 1. The number of nitrogens with zero attached hydrogens (tertiary/aromatic N) is 1. The van der Waals surface area contributed by atoms with Crippen molar-refractivity contribution in [3.8, 4) is 6.07 Å². The van der Waals surface area contributed by atoms with E-state index in [0.29, 0.717) is 16.3 Å². The van der Waals surface area contributed by atoms with E-state index in [1.54, 1.807) is 24.3 Å². The zero-order valence-electron chi connectivity index (χ0n) is 12.1. The molecule has 0 aliphatic heterocycles. The van der Waals surface area contributed by atoms with Crippen molar-refractivity contribution in [3.63, 3.8) is 0 Å². The van der Waals surface area contributed by atoms with Crippen LogP contribution in [0, 0.1) is 11.3 Å². The molecule has 22 heavy (non-hydrogen) atoms. The molecule has 2 aromatic rings. The van der Waals surface area contributed by atoms with Crippen molar-refractivity contribution in [2.45, 2.75) is 13.0 Å². The summed E-state index contributed by atoms with van der Waals surface area (Å²) < 4.78 is 0. The molecule has 0 saturated carbocycles. The van der Waals surface area contributed by atoms with Crippen molar-refractivity contribution in [1.82, 2.24) is 5.32 Å². The minimum absolute atomic E-state index is 0.0274. The first-order chi connectivity index (χ1) is 10.6. The fourth-order valence-corrected chi connectivity index (χ4v) is 2.31. The van der Waals surface area contributed by atoms with Crippen LogP contribution in [0.15, 0.2) is 48.5 Å². The fraction of sp³-hybridized carbons (Fsp3) is 0.176. The summed E-state index contributed by atoms with van der Waals surface area (Å²) in [6.45, 7) is 2.13.